The second kappa shape index (κ2) is 5.66. The van der Waals surface area contributed by atoms with Gasteiger partial charge in [-0.05, 0) is 63.9 Å². The molecule has 3 rings (SSSR count). The summed E-state index contributed by atoms with van der Waals surface area (Å²) < 4.78 is 13.6. The molecule has 2 aromatic carbocycles. The lowest BCUT2D eigenvalue weighted by molar-refractivity contribution is 0.149. The van der Waals surface area contributed by atoms with Crippen molar-refractivity contribution in [3.05, 3.63) is 69.9 Å². The Labute approximate surface area is 126 Å². The fraction of sp³-hybridized carbons (Fsp3) is 0.294. The predicted molar refractivity (Wildman–Crippen MR) is 81.1 cm³/mol. The number of halogens is 2. The van der Waals surface area contributed by atoms with Gasteiger partial charge in [0.15, 0.2) is 0 Å². The number of hydrogen-bond acceptors (Lipinski definition) is 1. The van der Waals surface area contributed by atoms with Crippen LogP contribution in [0.4, 0.5) is 4.39 Å². The van der Waals surface area contributed by atoms with Gasteiger partial charge < -0.3 is 5.11 Å². The molecule has 0 heterocycles. The zero-order chi connectivity index (χ0) is 14.1. The standard InChI is InChI=1S/C17H16BrFO/c18-15-8-11(6-7-16(15)19)9-17(20)14-10-13(14)12-4-2-1-3-5-12/h1-8,13-14,17,20H,9-10H2. The van der Waals surface area contributed by atoms with Gasteiger partial charge >= 0.3 is 0 Å². The highest BCUT2D eigenvalue weighted by atomic mass is 79.9. The van der Waals surface area contributed by atoms with Crippen LogP contribution in [0.15, 0.2) is 53.0 Å². The second-order valence-electron chi connectivity index (χ2n) is 5.44. The molecule has 2 aromatic rings. The van der Waals surface area contributed by atoms with E-state index < -0.39 is 0 Å². The summed E-state index contributed by atoms with van der Waals surface area (Å²) in [6.07, 6.45) is 1.25. The molecule has 3 heteroatoms. The van der Waals surface area contributed by atoms with Crippen LogP contribution in [0.2, 0.25) is 0 Å². The Balaban J connectivity index is 1.63. The summed E-state index contributed by atoms with van der Waals surface area (Å²) in [5.41, 5.74) is 2.27. The van der Waals surface area contributed by atoms with Crippen LogP contribution in [0, 0.1) is 11.7 Å². The Morgan fingerprint density at radius 3 is 2.65 bits per heavy atom. The first kappa shape index (κ1) is 13.8. The summed E-state index contributed by atoms with van der Waals surface area (Å²) in [4.78, 5) is 0. The molecule has 1 aliphatic rings. The van der Waals surface area contributed by atoms with Crippen LogP contribution in [0.3, 0.4) is 0 Å². The molecule has 20 heavy (non-hydrogen) atoms. The van der Waals surface area contributed by atoms with Crippen LogP contribution in [0.25, 0.3) is 0 Å². The molecule has 0 spiro atoms. The van der Waals surface area contributed by atoms with Crippen molar-refractivity contribution in [2.24, 2.45) is 5.92 Å². The van der Waals surface area contributed by atoms with Gasteiger partial charge in [-0.1, -0.05) is 36.4 Å². The van der Waals surface area contributed by atoms with E-state index in [1.807, 2.05) is 18.2 Å². The minimum Gasteiger partial charge on any atom is -0.392 e. The van der Waals surface area contributed by atoms with E-state index in [2.05, 4.69) is 28.1 Å². The molecule has 104 valence electrons. The Morgan fingerprint density at radius 2 is 1.95 bits per heavy atom. The number of rotatable bonds is 4. The predicted octanol–water partition coefficient (Wildman–Crippen LogP) is 4.30. The molecule has 0 radical (unpaired) electrons. The number of aliphatic hydroxyl groups excluding tert-OH is 1. The van der Waals surface area contributed by atoms with E-state index in [0.717, 1.165) is 12.0 Å². The largest absolute Gasteiger partial charge is 0.392 e. The molecular weight excluding hydrogens is 319 g/mol. The number of hydrogen-bond donors (Lipinski definition) is 1. The van der Waals surface area contributed by atoms with Gasteiger partial charge in [-0.25, -0.2) is 4.39 Å². The summed E-state index contributed by atoms with van der Waals surface area (Å²) in [5.74, 6) is 0.521. The SMILES string of the molecule is OC(Cc1ccc(F)c(Br)c1)C1CC1c1ccccc1. The molecule has 1 N–H and O–H groups in total. The molecule has 0 amide bonds. The first-order valence-corrected chi connectivity index (χ1v) is 7.61. The van der Waals surface area contributed by atoms with Crippen LogP contribution in [0.1, 0.15) is 23.5 Å². The average molecular weight is 335 g/mol. The lowest BCUT2D eigenvalue weighted by Gasteiger charge is -2.11. The summed E-state index contributed by atoms with van der Waals surface area (Å²) in [6.45, 7) is 0. The fourth-order valence-electron chi connectivity index (χ4n) is 2.78. The van der Waals surface area contributed by atoms with Crippen molar-refractivity contribution in [1.29, 1.82) is 0 Å². The quantitative estimate of drug-likeness (QED) is 0.883. The first-order valence-electron chi connectivity index (χ1n) is 6.82. The third kappa shape index (κ3) is 2.94. The van der Waals surface area contributed by atoms with E-state index in [1.165, 1.54) is 11.6 Å². The van der Waals surface area contributed by atoms with Gasteiger partial charge in [0.05, 0.1) is 10.6 Å². The van der Waals surface area contributed by atoms with E-state index >= 15 is 0 Å². The van der Waals surface area contributed by atoms with Gasteiger partial charge in [0.2, 0.25) is 0 Å². The monoisotopic (exact) mass is 334 g/mol. The number of benzene rings is 2. The van der Waals surface area contributed by atoms with E-state index in [1.54, 1.807) is 12.1 Å². The van der Waals surface area contributed by atoms with Gasteiger partial charge in [0.25, 0.3) is 0 Å². The zero-order valence-corrected chi connectivity index (χ0v) is 12.6. The Bertz CT molecular complexity index is 599. The maximum absolute atomic E-state index is 13.2. The Kier molecular flexibility index (Phi) is 3.90. The van der Waals surface area contributed by atoms with Crippen LogP contribution < -0.4 is 0 Å². The van der Waals surface area contributed by atoms with Crippen molar-refractivity contribution in [2.45, 2.75) is 24.9 Å². The third-order valence-corrected chi connectivity index (χ3v) is 4.60. The summed E-state index contributed by atoms with van der Waals surface area (Å²) >= 11 is 3.18. The molecule has 0 aromatic heterocycles. The van der Waals surface area contributed by atoms with Gasteiger partial charge in [-0.3, -0.25) is 0 Å². The molecule has 1 saturated carbocycles. The lowest BCUT2D eigenvalue weighted by Crippen LogP contribution is -2.14. The number of aliphatic hydroxyl groups is 1. The van der Waals surface area contributed by atoms with Gasteiger partial charge in [-0.2, -0.15) is 0 Å². The molecule has 1 fully saturated rings. The van der Waals surface area contributed by atoms with Crippen LogP contribution in [-0.4, -0.2) is 11.2 Å². The Morgan fingerprint density at radius 1 is 1.20 bits per heavy atom. The minimum absolute atomic E-state index is 0.267. The smallest absolute Gasteiger partial charge is 0.137 e. The van der Waals surface area contributed by atoms with Crippen molar-refractivity contribution in [2.75, 3.05) is 0 Å². The molecular formula is C17H16BrFO. The molecule has 0 aliphatic heterocycles. The highest BCUT2D eigenvalue weighted by molar-refractivity contribution is 9.10. The van der Waals surface area contributed by atoms with E-state index in [-0.39, 0.29) is 11.9 Å². The highest BCUT2D eigenvalue weighted by Gasteiger charge is 2.42. The maximum atomic E-state index is 13.2. The molecule has 0 bridgehead atoms. The van der Waals surface area contributed by atoms with Crippen molar-refractivity contribution >= 4 is 15.9 Å². The highest BCUT2D eigenvalue weighted by Crippen LogP contribution is 2.50. The van der Waals surface area contributed by atoms with Crippen LogP contribution in [0.5, 0.6) is 0 Å². The molecule has 0 saturated heterocycles. The normalized spacial score (nSPS) is 22.6. The van der Waals surface area contributed by atoms with E-state index in [9.17, 15) is 9.50 Å². The second-order valence-corrected chi connectivity index (χ2v) is 6.29. The zero-order valence-electron chi connectivity index (χ0n) is 11.0. The van der Waals surface area contributed by atoms with Crippen molar-refractivity contribution < 1.29 is 9.50 Å². The molecule has 3 unspecified atom stereocenters. The van der Waals surface area contributed by atoms with Crippen LogP contribution >= 0.6 is 15.9 Å². The van der Waals surface area contributed by atoms with Gasteiger partial charge in [0, 0.05) is 0 Å². The summed E-state index contributed by atoms with van der Waals surface area (Å²) in [5, 5.41) is 10.3. The summed E-state index contributed by atoms with van der Waals surface area (Å²) in [7, 11) is 0. The molecule has 1 aliphatic carbocycles. The first-order chi connectivity index (χ1) is 9.65. The maximum Gasteiger partial charge on any atom is 0.137 e. The van der Waals surface area contributed by atoms with Crippen molar-refractivity contribution in [3.8, 4) is 0 Å². The van der Waals surface area contributed by atoms with Gasteiger partial charge in [-0.15, -0.1) is 0 Å². The lowest BCUT2D eigenvalue weighted by atomic mass is 10.0. The van der Waals surface area contributed by atoms with E-state index in [0.29, 0.717) is 22.7 Å². The fourth-order valence-corrected chi connectivity index (χ4v) is 3.21. The summed E-state index contributed by atoms with van der Waals surface area (Å²) in [6, 6.07) is 15.2. The minimum atomic E-state index is -0.363. The topological polar surface area (TPSA) is 20.2 Å². The molecule has 3 atom stereocenters. The van der Waals surface area contributed by atoms with Crippen molar-refractivity contribution in [3.63, 3.8) is 0 Å². The van der Waals surface area contributed by atoms with Crippen molar-refractivity contribution in [1.82, 2.24) is 0 Å². The van der Waals surface area contributed by atoms with Crippen LogP contribution in [-0.2, 0) is 6.42 Å². The average Bonchev–Trinajstić information content (AvgIpc) is 3.24. The van der Waals surface area contributed by atoms with E-state index in [4.69, 9.17) is 0 Å². The molecule has 1 nitrogen and oxygen atoms in total. The van der Waals surface area contributed by atoms with Gasteiger partial charge in [0.1, 0.15) is 5.82 Å². The third-order valence-electron chi connectivity index (χ3n) is 3.99. The Hall–Kier alpha value is -1.19.